The van der Waals surface area contributed by atoms with Crippen LogP contribution in [-0.2, 0) is 43.6 Å². The van der Waals surface area contributed by atoms with Gasteiger partial charge in [0.1, 0.15) is 12.2 Å². The maximum Gasteiger partial charge on any atom is 0.335 e. The number of hydrogen-bond acceptors (Lipinski definition) is 7. The molecule has 8 heteroatoms. The van der Waals surface area contributed by atoms with Gasteiger partial charge >= 0.3 is 5.97 Å². The summed E-state index contributed by atoms with van der Waals surface area (Å²) in [5, 5.41) is 23.9. The van der Waals surface area contributed by atoms with Crippen molar-refractivity contribution in [2.45, 2.75) is 57.6 Å². The van der Waals surface area contributed by atoms with Crippen LogP contribution in [0.25, 0.3) is 0 Å². The maximum absolute atomic E-state index is 13.4. The molecule has 39 heavy (non-hydrogen) atoms. The van der Waals surface area contributed by atoms with Crippen molar-refractivity contribution in [2.24, 2.45) is 0 Å². The molecule has 4 rings (SSSR count). The molecular formula is C31H35NO7. The van der Waals surface area contributed by atoms with Gasteiger partial charge in [-0.25, -0.2) is 9.53 Å². The van der Waals surface area contributed by atoms with Crippen molar-refractivity contribution in [3.05, 3.63) is 113 Å². The summed E-state index contributed by atoms with van der Waals surface area (Å²) in [6.07, 6.45) is -3.91. The van der Waals surface area contributed by atoms with Crippen molar-refractivity contribution >= 4 is 11.7 Å². The van der Waals surface area contributed by atoms with Crippen molar-refractivity contribution < 1.29 is 33.6 Å². The summed E-state index contributed by atoms with van der Waals surface area (Å²) in [6, 6.07) is 29.0. The summed E-state index contributed by atoms with van der Waals surface area (Å²) < 4.78 is 24.7. The van der Waals surface area contributed by atoms with Gasteiger partial charge in [-0.3, -0.25) is 0 Å². The van der Waals surface area contributed by atoms with Crippen LogP contribution in [0.15, 0.2) is 91.0 Å². The first-order valence-corrected chi connectivity index (χ1v) is 13.2. The summed E-state index contributed by atoms with van der Waals surface area (Å²) in [7, 11) is 0. The topological polar surface area (TPSA) is 100 Å². The Morgan fingerprint density at radius 3 is 1.85 bits per heavy atom. The van der Waals surface area contributed by atoms with Crippen molar-refractivity contribution in [2.75, 3.05) is 13.2 Å². The van der Waals surface area contributed by atoms with Gasteiger partial charge in [0.2, 0.25) is 0 Å². The predicted octanol–water partition coefficient (Wildman–Crippen LogP) is 4.02. The Balaban J connectivity index is 1.62. The zero-order valence-electron chi connectivity index (χ0n) is 22.1. The Hall–Kier alpha value is -3.56. The van der Waals surface area contributed by atoms with Gasteiger partial charge in [-0.2, -0.15) is 0 Å². The molecule has 0 aromatic heterocycles. The highest BCUT2D eigenvalue weighted by atomic mass is 16.6. The highest BCUT2D eigenvalue weighted by molar-refractivity contribution is 5.90. The van der Waals surface area contributed by atoms with E-state index in [0.29, 0.717) is 0 Å². The number of hydroxylamine groups is 1. The minimum absolute atomic E-state index is 0.0393. The Kier molecular flexibility index (Phi) is 10.6. The van der Waals surface area contributed by atoms with Crippen LogP contribution in [-0.4, -0.2) is 59.1 Å². The highest BCUT2D eigenvalue weighted by Crippen LogP contribution is 2.25. The molecule has 0 amide bonds. The highest BCUT2D eigenvalue weighted by Gasteiger charge is 2.46. The number of ether oxygens (including phenoxy) is 4. The van der Waals surface area contributed by atoms with Crippen LogP contribution in [0, 0.1) is 5.21 Å². The van der Waals surface area contributed by atoms with E-state index in [1.165, 1.54) is 0 Å². The summed E-state index contributed by atoms with van der Waals surface area (Å²) in [6.45, 7) is 2.51. The third-order valence-electron chi connectivity index (χ3n) is 6.49. The Bertz CT molecular complexity index is 1190. The van der Waals surface area contributed by atoms with Crippen LogP contribution < -0.4 is 0 Å². The van der Waals surface area contributed by atoms with E-state index in [2.05, 4.69) is 0 Å². The lowest BCUT2D eigenvalue weighted by Gasteiger charge is -2.37. The monoisotopic (exact) mass is 533 g/mol. The molecule has 3 aromatic rings. The number of carbonyl (C=O) groups excluding carboxylic acids is 1. The van der Waals surface area contributed by atoms with Crippen LogP contribution in [0.4, 0.5) is 0 Å². The molecule has 0 radical (unpaired) electrons. The third-order valence-corrected chi connectivity index (χ3v) is 6.49. The fourth-order valence-electron chi connectivity index (χ4n) is 4.49. The minimum Gasteiger partial charge on any atom is -0.624 e. The molecule has 4 atom stereocenters. The van der Waals surface area contributed by atoms with Crippen molar-refractivity contribution in [1.29, 1.82) is 0 Å². The number of aliphatic hydroxyl groups is 1. The molecule has 1 aliphatic rings. The van der Waals surface area contributed by atoms with Crippen LogP contribution in [0.3, 0.4) is 0 Å². The van der Waals surface area contributed by atoms with Crippen molar-refractivity contribution in [3.63, 3.8) is 0 Å². The van der Waals surface area contributed by atoms with Crippen molar-refractivity contribution in [1.82, 2.24) is 0 Å². The Morgan fingerprint density at radius 2 is 1.33 bits per heavy atom. The average molecular weight is 534 g/mol. The molecule has 206 valence electrons. The van der Waals surface area contributed by atoms with Gasteiger partial charge in [-0.05, 0) is 23.6 Å². The molecular weight excluding hydrogens is 498 g/mol. The molecule has 0 saturated heterocycles. The van der Waals surface area contributed by atoms with E-state index >= 15 is 0 Å². The van der Waals surface area contributed by atoms with Crippen LogP contribution in [0.1, 0.15) is 30.0 Å². The van der Waals surface area contributed by atoms with Crippen LogP contribution in [0.2, 0.25) is 0 Å². The minimum atomic E-state index is -1.50. The number of esters is 1. The lowest BCUT2D eigenvalue weighted by atomic mass is 9.94. The fourth-order valence-corrected chi connectivity index (χ4v) is 4.49. The second-order valence-electron chi connectivity index (χ2n) is 9.34. The molecule has 1 N–H and O–H groups in total. The second-order valence-corrected chi connectivity index (χ2v) is 9.34. The Morgan fingerprint density at radius 1 is 0.846 bits per heavy atom. The molecule has 0 fully saturated rings. The van der Waals surface area contributed by atoms with Gasteiger partial charge in [0.05, 0.1) is 32.8 Å². The Labute approximate surface area is 229 Å². The molecule has 0 aliphatic carbocycles. The van der Waals surface area contributed by atoms with Gasteiger partial charge in [0.15, 0.2) is 24.5 Å². The number of benzene rings is 3. The first-order chi connectivity index (χ1) is 19.0. The fraction of sp³-hybridized carbons (Fsp3) is 0.355. The van der Waals surface area contributed by atoms with Crippen LogP contribution in [0.5, 0.6) is 0 Å². The predicted molar refractivity (Wildman–Crippen MR) is 146 cm³/mol. The summed E-state index contributed by atoms with van der Waals surface area (Å²) in [5.74, 6) is -0.788. The number of rotatable bonds is 13. The lowest BCUT2D eigenvalue weighted by molar-refractivity contribution is -0.490. The van der Waals surface area contributed by atoms with Gasteiger partial charge in [-0.15, -0.1) is 0 Å². The number of aliphatic hydroxyl groups excluding tert-OH is 1. The molecule has 3 aromatic carbocycles. The van der Waals surface area contributed by atoms with Gasteiger partial charge < -0.3 is 29.3 Å². The molecule has 0 saturated carbocycles. The normalized spacial score (nSPS) is 20.0. The molecule has 1 aliphatic heterocycles. The molecule has 0 bridgehead atoms. The number of hydrogen-bond donors (Lipinski definition) is 1. The first-order valence-electron chi connectivity index (χ1n) is 13.2. The maximum atomic E-state index is 13.4. The SMILES string of the molecule is CCOC(=O)C(O)CC1=[N+]([O-])C[C@@H](OCc2ccccc2)[C@@H](OCc2ccccc2)[C@@H]1OCc1ccccc1. The van der Waals surface area contributed by atoms with Gasteiger partial charge in [-0.1, -0.05) is 91.0 Å². The summed E-state index contributed by atoms with van der Waals surface area (Å²) in [5.41, 5.74) is 3.04. The van der Waals surface area contributed by atoms with E-state index in [-0.39, 0.29) is 45.1 Å². The smallest absolute Gasteiger partial charge is 0.335 e. The van der Waals surface area contributed by atoms with E-state index in [4.69, 9.17) is 18.9 Å². The van der Waals surface area contributed by atoms with Crippen molar-refractivity contribution in [3.8, 4) is 0 Å². The third kappa shape index (κ3) is 8.21. The van der Waals surface area contributed by atoms with E-state index in [1.54, 1.807) is 6.92 Å². The van der Waals surface area contributed by atoms with Gasteiger partial charge in [0.25, 0.3) is 0 Å². The number of nitrogens with zero attached hydrogens (tertiary/aromatic N) is 1. The zero-order valence-corrected chi connectivity index (χ0v) is 22.1. The zero-order chi connectivity index (χ0) is 27.5. The van der Waals surface area contributed by atoms with E-state index in [9.17, 15) is 15.1 Å². The van der Waals surface area contributed by atoms with E-state index in [0.717, 1.165) is 21.4 Å². The largest absolute Gasteiger partial charge is 0.624 e. The second kappa shape index (κ2) is 14.6. The molecule has 1 unspecified atom stereocenters. The summed E-state index contributed by atoms with van der Waals surface area (Å²) in [4.78, 5) is 12.2. The number of carbonyl (C=O) groups is 1. The standard InChI is InChI=1S/C31H35NO7/c1-2-36-31(34)27(33)18-26-29(38-21-24-14-8-4-9-15-24)30(39-22-25-16-10-5-11-17-25)28(19-32(26)35)37-20-23-12-6-3-7-13-23/h3-17,27-30,33H,2,18-22H2,1H3/t27?,28-,29-,30-/m1/s1. The lowest BCUT2D eigenvalue weighted by Crippen LogP contribution is -2.57. The molecule has 8 nitrogen and oxygen atoms in total. The molecule has 1 heterocycles. The quantitative estimate of drug-likeness (QED) is 0.201. The van der Waals surface area contributed by atoms with E-state index < -0.39 is 30.4 Å². The van der Waals surface area contributed by atoms with E-state index in [1.807, 2.05) is 91.0 Å². The average Bonchev–Trinajstić information content (AvgIpc) is 2.97. The molecule has 0 spiro atoms. The van der Waals surface area contributed by atoms with Gasteiger partial charge in [0, 0.05) is 0 Å². The first kappa shape index (κ1) is 28.4. The summed E-state index contributed by atoms with van der Waals surface area (Å²) >= 11 is 0. The van der Waals surface area contributed by atoms with Crippen LogP contribution >= 0.6 is 0 Å².